The van der Waals surface area contributed by atoms with Gasteiger partial charge in [0.1, 0.15) is 4.21 Å². The summed E-state index contributed by atoms with van der Waals surface area (Å²) in [5.41, 5.74) is 3.31. The van der Waals surface area contributed by atoms with Gasteiger partial charge in [0.25, 0.3) is 10.0 Å². The van der Waals surface area contributed by atoms with E-state index in [1.54, 1.807) is 11.0 Å². The molecule has 1 aromatic heterocycles. The fraction of sp³-hybridized carbons (Fsp3) is 0.182. The largest absolute Gasteiger partial charge is 1.00 e. The molecule has 0 radical (unpaired) electrons. The molecule has 0 fully saturated rings. The van der Waals surface area contributed by atoms with Crippen molar-refractivity contribution >= 4 is 63.3 Å². The standard InChI is InChI=1S/C22H19N3O4S2.Na.H/c1-13(26)25-9-8-16-11-20(30-19(16)12-25)31(28,29)24-22(27)23-21-17-6-2-4-14(17)10-15-5-3-7-18(15)21;;/h2-7,10-11H,8-9,12H2,1H3,(H2,23,24,27);;/q;+1;-1. The molecular weight excluding hydrogens is 457 g/mol. The first-order valence-electron chi connectivity index (χ1n) is 9.76. The van der Waals surface area contributed by atoms with Crippen LogP contribution in [0.4, 0.5) is 10.5 Å². The third-order valence-electron chi connectivity index (χ3n) is 5.58. The molecular formula is C22H20N3NaO4S2. The van der Waals surface area contributed by atoms with Crippen LogP contribution in [-0.2, 0) is 27.8 Å². The summed E-state index contributed by atoms with van der Waals surface area (Å²) in [4.78, 5) is 26.8. The van der Waals surface area contributed by atoms with E-state index in [0.29, 0.717) is 25.2 Å². The van der Waals surface area contributed by atoms with Gasteiger partial charge in [-0.1, -0.05) is 36.5 Å². The van der Waals surface area contributed by atoms with Crippen LogP contribution >= 0.6 is 11.3 Å². The minimum atomic E-state index is -4.04. The Morgan fingerprint density at radius 1 is 1.16 bits per heavy atom. The second-order valence-electron chi connectivity index (χ2n) is 7.57. The van der Waals surface area contributed by atoms with Gasteiger partial charge in [-0.15, -0.1) is 11.3 Å². The molecule has 10 heteroatoms. The van der Waals surface area contributed by atoms with E-state index in [-0.39, 0.29) is 41.1 Å². The Morgan fingerprint density at radius 3 is 2.72 bits per heavy atom. The molecule has 0 atom stereocenters. The minimum Gasteiger partial charge on any atom is -1.00 e. The molecule has 2 N–H and O–H groups in total. The first-order chi connectivity index (χ1) is 14.8. The number of benzene rings is 1. The average molecular weight is 478 g/mol. The summed E-state index contributed by atoms with van der Waals surface area (Å²) < 4.78 is 27.9. The molecule has 32 heavy (non-hydrogen) atoms. The predicted octanol–water partition coefficient (Wildman–Crippen LogP) is -1.11. The number of sulfonamides is 1. The van der Waals surface area contributed by atoms with E-state index < -0.39 is 16.1 Å². The molecule has 3 aliphatic rings. The number of hydrogen-bond donors (Lipinski definition) is 2. The number of nitrogens with one attached hydrogen (secondary N) is 2. The maximum atomic E-state index is 12.9. The molecule has 0 saturated heterocycles. The molecule has 2 aromatic rings. The smallest absolute Gasteiger partial charge is 1.00 e. The van der Waals surface area contributed by atoms with Gasteiger partial charge in [0.05, 0.1) is 12.2 Å². The van der Waals surface area contributed by atoms with E-state index in [1.807, 2.05) is 42.5 Å². The Hall–Kier alpha value is -2.17. The molecule has 3 amide bonds. The molecule has 1 aromatic carbocycles. The van der Waals surface area contributed by atoms with Crippen LogP contribution in [-0.4, -0.2) is 31.8 Å². The zero-order valence-electron chi connectivity index (χ0n) is 18.6. The number of carbonyl (C=O) groups excluding carboxylic acids is 2. The minimum absolute atomic E-state index is 0. The fourth-order valence-corrected chi connectivity index (χ4v) is 6.54. The zero-order chi connectivity index (χ0) is 21.8. The van der Waals surface area contributed by atoms with Crippen LogP contribution in [0.1, 0.15) is 29.9 Å². The third-order valence-corrected chi connectivity index (χ3v) is 8.55. The molecule has 0 bridgehead atoms. The number of nitrogens with zero attached hydrogens (tertiary/aromatic N) is 1. The van der Waals surface area contributed by atoms with E-state index in [9.17, 15) is 18.0 Å². The summed E-state index contributed by atoms with van der Waals surface area (Å²) >= 11 is 1.10. The average Bonchev–Trinajstić information content (AvgIpc) is 3.45. The van der Waals surface area contributed by atoms with Crippen LogP contribution < -0.4 is 50.0 Å². The van der Waals surface area contributed by atoms with Crippen LogP contribution in [0.2, 0.25) is 0 Å². The van der Waals surface area contributed by atoms with Crippen molar-refractivity contribution in [1.29, 1.82) is 0 Å². The Bertz CT molecular complexity index is 1440. The first-order valence-corrected chi connectivity index (χ1v) is 12.1. The van der Waals surface area contributed by atoms with Crippen molar-refractivity contribution in [2.45, 2.75) is 24.1 Å². The number of amides is 3. The Kier molecular flexibility index (Phi) is 6.21. The first kappa shape index (κ1) is 23.0. The molecule has 1 aliphatic heterocycles. The van der Waals surface area contributed by atoms with Crippen molar-refractivity contribution in [1.82, 2.24) is 9.62 Å². The maximum Gasteiger partial charge on any atom is 1.00 e. The van der Waals surface area contributed by atoms with Gasteiger partial charge in [-0.2, -0.15) is 0 Å². The normalized spacial score (nSPS) is 15.1. The van der Waals surface area contributed by atoms with Gasteiger partial charge in [-0.25, -0.2) is 17.9 Å². The van der Waals surface area contributed by atoms with E-state index in [4.69, 9.17) is 0 Å². The number of fused-ring (bicyclic) bond motifs is 3. The second kappa shape index (κ2) is 8.64. The van der Waals surface area contributed by atoms with Gasteiger partial charge < -0.3 is 11.6 Å². The summed E-state index contributed by atoms with van der Waals surface area (Å²) in [5.74, 6) is -0.0403. The number of hydrogen-bond acceptors (Lipinski definition) is 5. The zero-order valence-corrected chi connectivity index (χ0v) is 21.3. The van der Waals surface area contributed by atoms with E-state index >= 15 is 0 Å². The number of rotatable bonds is 3. The Balaban J connectivity index is 0.00000153. The SMILES string of the molecule is CC(=O)N1CCc2cc(S(=O)(=O)NC(=O)Nc3c4c(cc5c3=CC=C5)=CC=C4)sc2C1.[H-].[Na+]. The van der Waals surface area contributed by atoms with Gasteiger partial charge in [0, 0.05) is 29.1 Å². The number of thiophene rings is 1. The summed E-state index contributed by atoms with van der Waals surface area (Å²) in [6.45, 7) is 2.45. The Labute approximate surface area is 213 Å². The van der Waals surface area contributed by atoms with Crippen molar-refractivity contribution in [3.8, 4) is 0 Å². The van der Waals surface area contributed by atoms with Crippen molar-refractivity contribution in [3.63, 3.8) is 0 Å². The van der Waals surface area contributed by atoms with Crippen molar-refractivity contribution in [2.24, 2.45) is 0 Å². The van der Waals surface area contributed by atoms with E-state index in [0.717, 1.165) is 43.3 Å². The van der Waals surface area contributed by atoms with E-state index in [2.05, 4.69) is 10.0 Å². The van der Waals surface area contributed by atoms with Gasteiger partial charge in [0.2, 0.25) is 5.91 Å². The summed E-state index contributed by atoms with van der Waals surface area (Å²) in [6, 6.07) is 2.82. The van der Waals surface area contributed by atoms with Crippen LogP contribution in [0.25, 0.3) is 24.3 Å². The van der Waals surface area contributed by atoms with Gasteiger partial charge in [-0.3, -0.25) is 4.79 Å². The van der Waals surface area contributed by atoms with Crippen molar-refractivity contribution in [3.05, 3.63) is 56.3 Å². The van der Waals surface area contributed by atoms with Crippen LogP contribution in [0.5, 0.6) is 0 Å². The molecule has 5 rings (SSSR count). The summed E-state index contributed by atoms with van der Waals surface area (Å²) in [5, 5.41) is 4.55. The fourth-order valence-electron chi connectivity index (χ4n) is 4.03. The molecule has 2 heterocycles. The second-order valence-corrected chi connectivity index (χ2v) is 10.6. The third kappa shape index (κ3) is 4.11. The molecule has 0 spiro atoms. The molecule has 0 unspecified atom stereocenters. The molecule has 2 aliphatic carbocycles. The van der Waals surface area contributed by atoms with Crippen LogP contribution in [0, 0.1) is 0 Å². The number of anilines is 1. The molecule has 160 valence electrons. The van der Waals surface area contributed by atoms with Gasteiger partial charge in [-0.05, 0) is 34.9 Å². The van der Waals surface area contributed by atoms with Crippen molar-refractivity contribution < 1.29 is 49.0 Å². The molecule has 7 nitrogen and oxygen atoms in total. The Morgan fingerprint density at radius 2 is 1.94 bits per heavy atom. The summed E-state index contributed by atoms with van der Waals surface area (Å²) in [7, 11) is -4.04. The summed E-state index contributed by atoms with van der Waals surface area (Å²) in [6.07, 6.45) is 12.1. The van der Waals surface area contributed by atoms with Gasteiger partial charge >= 0.3 is 35.6 Å². The topological polar surface area (TPSA) is 95.6 Å². The number of allylic oxidation sites excluding steroid dienone is 2. The number of urea groups is 1. The van der Waals surface area contributed by atoms with Crippen molar-refractivity contribution in [2.75, 3.05) is 11.9 Å². The monoisotopic (exact) mass is 477 g/mol. The number of carbonyl (C=O) groups is 2. The van der Waals surface area contributed by atoms with Crippen LogP contribution in [0.15, 0.2) is 28.5 Å². The maximum absolute atomic E-state index is 12.9. The van der Waals surface area contributed by atoms with Gasteiger partial charge in [0.15, 0.2) is 0 Å². The molecule has 0 saturated carbocycles. The predicted molar refractivity (Wildman–Crippen MR) is 122 cm³/mol. The quantitative estimate of drug-likeness (QED) is 0.549. The van der Waals surface area contributed by atoms with E-state index in [1.165, 1.54) is 6.92 Å². The van der Waals surface area contributed by atoms with Crippen LogP contribution in [0.3, 0.4) is 0 Å².